The fourth-order valence-corrected chi connectivity index (χ4v) is 6.46. The van der Waals surface area contributed by atoms with Gasteiger partial charge in [-0.15, -0.1) is 0 Å². The number of carbonyl (C=O) groups is 5. The summed E-state index contributed by atoms with van der Waals surface area (Å²) in [4.78, 5) is 63.9. The van der Waals surface area contributed by atoms with Crippen LogP contribution in [0.3, 0.4) is 0 Å². The van der Waals surface area contributed by atoms with E-state index in [-0.39, 0.29) is 17.7 Å². The Hall–Kier alpha value is -3.31. The van der Waals surface area contributed by atoms with Gasteiger partial charge >= 0.3 is 12.2 Å². The quantitative estimate of drug-likeness (QED) is 0.0313. The highest BCUT2D eigenvalue weighted by atomic mass is 16.6. The first-order valence-electron chi connectivity index (χ1n) is 23.5. The maximum atomic E-state index is 13.2. The minimum atomic E-state index is -0.821. The summed E-state index contributed by atoms with van der Waals surface area (Å²) < 4.78 is 10.7. The molecule has 0 aliphatic heterocycles. The number of hydrogen-bond acceptors (Lipinski definition) is 7. The van der Waals surface area contributed by atoms with Crippen molar-refractivity contribution < 1.29 is 33.4 Å². The van der Waals surface area contributed by atoms with Gasteiger partial charge in [-0.05, 0) is 119 Å². The molecule has 0 spiro atoms. The zero-order chi connectivity index (χ0) is 44.2. The second-order valence-corrected chi connectivity index (χ2v) is 18.1. The first-order valence-corrected chi connectivity index (χ1v) is 23.5. The molecule has 0 saturated carbocycles. The monoisotopic (exact) mass is 836 g/mol. The van der Waals surface area contributed by atoms with Gasteiger partial charge in [0.1, 0.15) is 23.3 Å². The van der Waals surface area contributed by atoms with Crippen LogP contribution in [-0.4, -0.2) is 72.8 Å². The number of allylic oxidation sites excluding steroid dienone is 2. The van der Waals surface area contributed by atoms with Crippen molar-refractivity contribution in [2.75, 3.05) is 19.6 Å². The van der Waals surface area contributed by atoms with E-state index in [1.807, 2.05) is 0 Å². The van der Waals surface area contributed by atoms with Crippen molar-refractivity contribution in [2.45, 2.75) is 239 Å². The standard InChI is InChI=1S/C47H89N5O7/c1-9-11-13-15-16-17-18-19-20-21-22-23-24-25-27-35-41(53)51-39(42(54)48-36-30-26-14-12-10-2)33-28-31-37-49-43(55)40(52-45(57)59-47(6,7)8)34-29-32-38-50-44(56)58-46(3,4)5/h19-20,39-40H,9-18,21-38H2,1-8H3,(H,48,54)(H,49,55)(H,50,56)(H,51,53)(H,52,57)/b20-19-. The highest BCUT2D eigenvalue weighted by molar-refractivity contribution is 5.87. The van der Waals surface area contributed by atoms with Crippen LogP contribution in [0.15, 0.2) is 12.2 Å². The van der Waals surface area contributed by atoms with Gasteiger partial charge in [0.15, 0.2) is 0 Å². The Kier molecular flexibility index (Phi) is 33.5. The van der Waals surface area contributed by atoms with Crippen molar-refractivity contribution in [3.63, 3.8) is 0 Å². The number of carbonyl (C=O) groups excluding carboxylic acids is 5. The lowest BCUT2D eigenvalue weighted by atomic mass is 10.1. The lowest BCUT2D eigenvalue weighted by Gasteiger charge is -2.23. The van der Waals surface area contributed by atoms with Gasteiger partial charge in [-0.1, -0.05) is 103 Å². The molecule has 344 valence electrons. The molecular weight excluding hydrogens is 747 g/mol. The highest BCUT2D eigenvalue weighted by Crippen LogP contribution is 2.12. The van der Waals surface area contributed by atoms with Crippen LogP contribution in [0.1, 0.15) is 216 Å². The van der Waals surface area contributed by atoms with Crippen molar-refractivity contribution in [3.8, 4) is 0 Å². The number of alkyl carbamates (subject to hydrolysis) is 2. The van der Waals surface area contributed by atoms with E-state index in [1.54, 1.807) is 41.5 Å². The van der Waals surface area contributed by atoms with Gasteiger partial charge in [0.05, 0.1) is 0 Å². The number of ether oxygens (including phenoxy) is 2. The van der Waals surface area contributed by atoms with E-state index in [0.717, 1.165) is 57.8 Å². The Morgan fingerprint density at radius 2 is 0.847 bits per heavy atom. The molecule has 0 radical (unpaired) electrons. The lowest BCUT2D eigenvalue weighted by Crippen LogP contribution is -2.48. The summed E-state index contributed by atoms with van der Waals surface area (Å²) in [6, 6.07) is -1.45. The predicted molar refractivity (Wildman–Crippen MR) is 241 cm³/mol. The topological polar surface area (TPSA) is 164 Å². The summed E-state index contributed by atoms with van der Waals surface area (Å²) >= 11 is 0. The molecule has 0 aromatic rings. The molecule has 12 heteroatoms. The van der Waals surface area contributed by atoms with E-state index in [9.17, 15) is 24.0 Å². The number of hydrogen-bond donors (Lipinski definition) is 5. The van der Waals surface area contributed by atoms with E-state index in [4.69, 9.17) is 9.47 Å². The Balaban J connectivity index is 4.86. The van der Waals surface area contributed by atoms with Crippen molar-refractivity contribution >= 4 is 29.9 Å². The van der Waals surface area contributed by atoms with Crippen LogP contribution in [0.25, 0.3) is 0 Å². The molecule has 0 fully saturated rings. The maximum absolute atomic E-state index is 13.2. The SMILES string of the molecule is CCCCCCCC/C=C\CCCCCCCC(=O)NC(CCCCNC(=O)C(CCCCNC(=O)OC(C)(C)C)NC(=O)OC(C)(C)C)C(=O)NCCCCCCC. The average molecular weight is 836 g/mol. The average Bonchev–Trinajstić information content (AvgIpc) is 3.14. The normalized spacial score (nSPS) is 12.7. The number of nitrogens with one attached hydrogen (secondary N) is 5. The second-order valence-electron chi connectivity index (χ2n) is 18.1. The van der Waals surface area contributed by atoms with Gasteiger partial charge in [-0.2, -0.15) is 0 Å². The molecular formula is C47H89N5O7. The molecule has 0 rings (SSSR count). The van der Waals surface area contributed by atoms with Gasteiger partial charge in [-0.3, -0.25) is 14.4 Å². The summed E-state index contributed by atoms with van der Waals surface area (Å²) in [6.45, 7) is 16.4. The van der Waals surface area contributed by atoms with Crippen molar-refractivity contribution in [2.24, 2.45) is 0 Å². The third-order valence-electron chi connectivity index (χ3n) is 9.71. The van der Waals surface area contributed by atoms with Crippen LogP contribution in [0.5, 0.6) is 0 Å². The summed E-state index contributed by atoms with van der Waals surface area (Å²) in [5, 5.41) is 14.3. The summed E-state index contributed by atoms with van der Waals surface area (Å²) in [6.07, 6.45) is 28.1. The molecule has 2 atom stereocenters. The summed E-state index contributed by atoms with van der Waals surface area (Å²) in [5.41, 5.74) is -1.32. The fourth-order valence-electron chi connectivity index (χ4n) is 6.46. The molecule has 0 bridgehead atoms. The molecule has 0 aliphatic rings. The molecule has 5 amide bonds. The second kappa shape index (κ2) is 35.4. The predicted octanol–water partition coefficient (Wildman–Crippen LogP) is 10.5. The number of rotatable bonds is 35. The van der Waals surface area contributed by atoms with Gasteiger partial charge in [0, 0.05) is 26.1 Å². The Bertz CT molecular complexity index is 1150. The van der Waals surface area contributed by atoms with Crippen LogP contribution in [0.4, 0.5) is 9.59 Å². The minimum absolute atomic E-state index is 0.101. The van der Waals surface area contributed by atoms with E-state index in [1.165, 1.54) is 57.8 Å². The van der Waals surface area contributed by atoms with E-state index in [2.05, 4.69) is 52.6 Å². The number of amides is 5. The number of unbranched alkanes of at least 4 members (excludes halogenated alkanes) is 17. The van der Waals surface area contributed by atoms with Gasteiger partial charge in [-0.25, -0.2) is 9.59 Å². The molecule has 0 aromatic heterocycles. The molecule has 0 saturated heterocycles. The smallest absolute Gasteiger partial charge is 0.408 e. The molecule has 5 N–H and O–H groups in total. The minimum Gasteiger partial charge on any atom is -0.444 e. The molecule has 0 aromatic carbocycles. The third-order valence-corrected chi connectivity index (χ3v) is 9.71. The van der Waals surface area contributed by atoms with Crippen molar-refractivity contribution in [1.82, 2.24) is 26.6 Å². The Labute approximate surface area is 360 Å². The fraction of sp³-hybridized carbons (Fsp3) is 0.851. The van der Waals surface area contributed by atoms with Crippen LogP contribution < -0.4 is 26.6 Å². The third kappa shape index (κ3) is 37.4. The molecule has 0 heterocycles. The zero-order valence-electron chi connectivity index (χ0n) is 39.0. The van der Waals surface area contributed by atoms with Crippen LogP contribution in [0, 0.1) is 0 Å². The lowest BCUT2D eigenvalue weighted by molar-refractivity contribution is -0.129. The first kappa shape index (κ1) is 55.7. The van der Waals surface area contributed by atoms with Gasteiger partial charge in [0.2, 0.25) is 17.7 Å². The van der Waals surface area contributed by atoms with Gasteiger partial charge in [0.25, 0.3) is 0 Å². The largest absolute Gasteiger partial charge is 0.444 e. The van der Waals surface area contributed by atoms with E-state index in [0.29, 0.717) is 64.6 Å². The Morgan fingerprint density at radius 3 is 1.34 bits per heavy atom. The van der Waals surface area contributed by atoms with Crippen LogP contribution in [0.2, 0.25) is 0 Å². The van der Waals surface area contributed by atoms with Crippen molar-refractivity contribution in [1.29, 1.82) is 0 Å². The summed E-state index contributed by atoms with van der Waals surface area (Å²) in [5.74, 6) is -0.594. The molecule has 12 nitrogen and oxygen atoms in total. The van der Waals surface area contributed by atoms with E-state index < -0.39 is 35.5 Å². The molecule has 0 aliphatic carbocycles. The van der Waals surface area contributed by atoms with Crippen molar-refractivity contribution in [3.05, 3.63) is 12.2 Å². The van der Waals surface area contributed by atoms with Crippen LogP contribution in [-0.2, 0) is 23.9 Å². The Morgan fingerprint density at radius 1 is 0.458 bits per heavy atom. The van der Waals surface area contributed by atoms with Crippen LogP contribution >= 0.6 is 0 Å². The molecule has 59 heavy (non-hydrogen) atoms. The van der Waals surface area contributed by atoms with Gasteiger partial charge < -0.3 is 36.1 Å². The zero-order valence-corrected chi connectivity index (χ0v) is 39.0. The maximum Gasteiger partial charge on any atom is 0.408 e. The van der Waals surface area contributed by atoms with E-state index >= 15 is 0 Å². The first-order chi connectivity index (χ1) is 28.1. The highest BCUT2D eigenvalue weighted by Gasteiger charge is 2.25. The summed E-state index contributed by atoms with van der Waals surface area (Å²) in [7, 11) is 0. The molecule has 2 unspecified atom stereocenters.